The number of hydrogen-bond acceptors (Lipinski definition) is 2. The SMILES string of the molecule is O=S1(=O)Nc2ccccc2C2=C1c1ccccc1C2. The van der Waals surface area contributed by atoms with E-state index in [4.69, 9.17) is 0 Å². The highest BCUT2D eigenvalue weighted by molar-refractivity contribution is 8.02. The maximum absolute atomic E-state index is 12.4. The molecule has 0 bridgehead atoms. The Bertz CT molecular complexity index is 835. The molecule has 0 aromatic heterocycles. The first kappa shape index (κ1) is 10.8. The monoisotopic (exact) mass is 269 g/mol. The molecule has 1 aliphatic heterocycles. The zero-order valence-electron chi connectivity index (χ0n) is 10.1. The van der Waals surface area contributed by atoms with Gasteiger partial charge in [-0.3, -0.25) is 4.72 Å². The Morgan fingerprint density at radius 3 is 2.42 bits per heavy atom. The van der Waals surface area contributed by atoms with Crippen LogP contribution in [0.2, 0.25) is 0 Å². The molecule has 0 radical (unpaired) electrons. The number of anilines is 1. The molecule has 3 nitrogen and oxygen atoms in total. The van der Waals surface area contributed by atoms with Crippen LogP contribution in [0.3, 0.4) is 0 Å². The molecular formula is C15H11NO2S. The third-order valence-corrected chi connectivity index (χ3v) is 5.16. The lowest BCUT2D eigenvalue weighted by Gasteiger charge is -2.20. The van der Waals surface area contributed by atoms with Gasteiger partial charge >= 0.3 is 0 Å². The summed E-state index contributed by atoms with van der Waals surface area (Å²) in [6.45, 7) is 0. The first-order valence-corrected chi connectivity index (χ1v) is 7.59. The second-order valence-electron chi connectivity index (χ2n) is 4.79. The van der Waals surface area contributed by atoms with Crippen molar-refractivity contribution in [2.24, 2.45) is 0 Å². The van der Waals surface area contributed by atoms with Gasteiger partial charge in [0, 0.05) is 12.0 Å². The van der Waals surface area contributed by atoms with Crippen molar-refractivity contribution in [3.63, 3.8) is 0 Å². The van der Waals surface area contributed by atoms with Gasteiger partial charge in [0.15, 0.2) is 0 Å². The van der Waals surface area contributed by atoms with Gasteiger partial charge in [0.05, 0.1) is 10.6 Å². The summed E-state index contributed by atoms with van der Waals surface area (Å²) in [5, 5.41) is 0. The Hall–Kier alpha value is -2.07. The normalized spacial score (nSPS) is 18.3. The molecule has 0 unspecified atom stereocenters. The molecule has 1 heterocycles. The maximum Gasteiger partial charge on any atom is 0.262 e. The first-order valence-electron chi connectivity index (χ1n) is 6.10. The second kappa shape index (κ2) is 3.48. The highest BCUT2D eigenvalue weighted by atomic mass is 32.2. The van der Waals surface area contributed by atoms with Crippen LogP contribution in [0.15, 0.2) is 48.5 Å². The highest BCUT2D eigenvalue weighted by Gasteiger charge is 2.36. The Balaban J connectivity index is 2.08. The van der Waals surface area contributed by atoms with Crippen molar-refractivity contribution in [1.29, 1.82) is 0 Å². The van der Waals surface area contributed by atoms with Gasteiger partial charge in [-0.05, 0) is 22.8 Å². The Kier molecular flexibility index (Phi) is 1.98. The molecule has 0 saturated heterocycles. The van der Waals surface area contributed by atoms with Crippen LogP contribution in [0.5, 0.6) is 0 Å². The standard InChI is InChI=1S/C15H11NO2S/c17-19(18)15-11-6-2-1-5-10(11)9-13(15)12-7-3-4-8-14(12)16-19/h1-8,16H,9H2. The summed E-state index contributed by atoms with van der Waals surface area (Å²) in [6, 6.07) is 15.3. The van der Waals surface area contributed by atoms with Crippen LogP contribution in [0.1, 0.15) is 16.7 Å². The molecule has 0 saturated carbocycles. The van der Waals surface area contributed by atoms with Crippen molar-refractivity contribution < 1.29 is 8.42 Å². The van der Waals surface area contributed by atoms with E-state index in [1.807, 2.05) is 42.5 Å². The molecular weight excluding hydrogens is 258 g/mol. The van der Waals surface area contributed by atoms with E-state index in [1.54, 1.807) is 6.07 Å². The lowest BCUT2D eigenvalue weighted by molar-refractivity contribution is 0.610. The molecule has 0 spiro atoms. The molecule has 1 aliphatic carbocycles. The lowest BCUT2D eigenvalue weighted by atomic mass is 10.0. The number of fused-ring (bicyclic) bond motifs is 4. The van der Waals surface area contributed by atoms with Crippen molar-refractivity contribution >= 4 is 26.2 Å². The second-order valence-corrected chi connectivity index (χ2v) is 6.41. The van der Waals surface area contributed by atoms with Crippen LogP contribution >= 0.6 is 0 Å². The largest absolute Gasteiger partial charge is 0.279 e. The lowest BCUT2D eigenvalue weighted by Crippen LogP contribution is -2.19. The number of para-hydroxylation sites is 1. The number of benzene rings is 2. The fraction of sp³-hybridized carbons (Fsp3) is 0.0667. The number of rotatable bonds is 0. The third-order valence-electron chi connectivity index (χ3n) is 3.67. The third kappa shape index (κ3) is 1.40. The van der Waals surface area contributed by atoms with Crippen LogP contribution < -0.4 is 4.72 Å². The fourth-order valence-corrected chi connectivity index (χ4v) is 4.45. The van der Waals surface area contributed by atoms with E-state index in [9.17, 15) is 8.42 Å². The first-order chi connectivity index (χ1) is 9.17. The number of allylic oxidation sites excluding steroid dienone is 1. The minimum Gasteiger partial charge on any atom is -0.279 e. The van der Waals surface area contributed by atoms with Crippen LogP contribution in [0, 0.1) is 0 Å². The summed E-state index contributed by atoms with van der Waals surface area (Å²) in [7, 11) is -3.46. The highest BCUT2D eigenvalue weighted by Crippen LogP contribution is 2.46. The van der Waals surface area contributed by atoms with Crippen LogP contribution in [-0.4, -0.2) is 8.42 Å². The summed E-state index contributed by atoms with van der Waals surface area (Å²) in [6.07, 6.45) is 0.684. The van der Waals surface area contributed by atoms with Gasteiger partial charge in [-0.15, -0.1) is 0 Å². The minimum absolute atomic E-state index is 0.446. The Morgan fingerprint density at radius 1 is 0.895 bits per heavy atom. The van der Waals surface area contributed by atoms with Crippen LogP contribution in [-0.2, 0) is 16.4 Å². The molecule has 2 aromatic rings. The molecule has 2 aliphatic rings. The van der Waals surface area contributed by atoms with E-state index < -0.39 is 10.0 Å². The zero-order chi connectivity index (χ0) is 13.0. The van der Waals surface area contributed by atoms with E-state index in [0.717, 1.165) is 22.3 Å². The van der Waals surface area contributed by atoms with Crippen molar-refractivity contribution in [3.8, 4) is 0 Å². The van der Waals surface area contributed by atoms with E-state index >= 15 is 0 Å². The van der Waals surface area contributed by atoms with Crippen LogP contribution in [0.4, 0.5) is 5.69 Å². The molecule has 2 aromatic carbocycles. The quantitative estimate of drug-likeness (QED) is 0.799. The smallest absolute Gasteiger partial charge is 0.262 e. The summed E-state index contributed by atoms with van der Waals surface area (Å²) >= 11 is 0. The van der Waals surface area contributed by atoms with Crippen molar-refractivity contribution in [2.45, 2.75) is 6.42 Å². The minimum atomic E-state index is -3.46. The molecule has 0 amide bonds. The fourth-order valence-electron chi connectivity index (χ4n) is 2.88. The average molecular weight is 269 g/mol. The molecule has 4 rings (SSSR count). The van der Waals surface area contributed by atoms with Gasteiger partial charge < -0.3 is 0 Å². The zero-order valence-corrected chi connectivity index (χ0v) is 10.9. The summed E-state index contributed by atoms with van der Waals surface area (Å²) in [5.74, 6) is 0. The summed E-state index contributed by atoms with van der Waals surface area (Å²) in [4.78, 5) is 0.446. The Labute approximate surface area is 111 Å². The van der Waals surface area contributed by atoms with E-state index in [1.165, 1.54) is 0 Å². The Morgan fingerprint density at radius 2 is 1.58 bits per heavy atom. The van der Waals surface area contributed by atoms with Crippen molar-refractivity contribution in [3.05, 3.63) is 65.2 Å². The van der Waals surface area contributed by atoms with E-state index in [2.05, 4.69) is 4.72 Å². The van der Waals surface area contributed by atoms with Gasteiger partial charge in [0.25, 0.3) is 10.0 Å². The number of hydrogen-bond donors (Lipinski definition) is 1. The molecule has 0 fully saturated rings. The molecule has 1 N–H and O–H groups in total. The van der Waals surface area contributed by atoms with E-state index in [0.29, 0.717) is 17.0 Å². The average Bonchev–Trinajstić information content (AvgIpc) is 2.78. The molecule has 4 heteroatoms. The van der Waals surface area contributed by atoms with Gasteiger partial charge in [-0.25, -0.2) is 8.42 Å². The number of nitrogens with one attached hydrogen (secondary N) is 1. The van der Waals surface area contributed by atoms with Crippen LogP contribution in [0.25, 0.3) is 10.5 Å². The maximum atomic E-state index is 12.4. The summed E-state index contributed by atoms with van der Waals surface area (Å²) < 4.78 is 27.5. The number of sulfonamides is 1. The van der Waals surface area contributed by atoms with Gasteiger partial charge in [-0.2, -0.15) is 0 Å². The van der Waals surface area contributed by atoms with Crippen molar-refractivity contribution in [1.82, 2.24) is 0 Å². The predicted molar refractivity (Wildman–Crippen MR) is 75.9 cm³/mol. The topological polar surface area (TPSA) is 46.2 Å². The summed E-state index contributed by atoms with van der Waals surface area (Å²) in [5.41, 5.74) is 4.49. The van der Waals surface area contributed by atoms with Gasteiger partial charge in [-0.1, -0.05) is 42.5 Å². The molecule has 0 atom stereocenters. The molecule has 19 heavy (non-hydrogen) atoms. The van der Waals surface area contributed by atoms with Gasteiger partial charge in [0.2, 0.25) is 0 Å². The van der Waals surface area contributed by atoms with Crippen molar-refractivity contribution in [2.75, 3.05) is 4.72 Å². The molecule has 94 valence electrons. The predicted octanol–water partition coefficient (Wildman–Crippen LogP) is 2.87. The van der Waals surface area contributed by atoms with E-state index in [-0.39, 0.29) is 0 Å². The van der Waals surface area contributed by atoms with Gasteiger partial charge in [0.1, 0.15) is 0 Å².